The molecule has 0 amide bonds. The van der Waals surface area contributed by atoms with Gasteiger partial charge in [0.25, 0.3) is 0 Å². The first-order chi connectivity index (χ1) is 11.4. The molecule has 6 nitrogen and oxygen atoms in total. The summed E-state index contributed by atoms with van der Waals surface area (Å²) in [5.41, 5.74) is 2.51. The summed E-state index contributed by atoms with van der Waals surface area (Å²) in [6, 6.07) is 8.49. The lowest BCUT2D eigenvalue weighted by Gasteiger charge is -2.14. The maximum absolute atomic E-state index is 11.4. The minimum Gasteiger partial charge on any atom is -0.357 e. The van der Waals surface area contributed by atoms with E-state index in [4.69, 9.17) is 0 Å². The maximum atomic E-state index is 11.4. The number of rotatable bonds is 9. The van der Waals surface area contributed by atoms with E-state index in [1.807, 2.05) is 6.92 Å². The largest absolute Gasteiger partial charge is 0.357 e. The van der Waals surface area contributed by atoms with Crippen LogP contribution in [-0.4, -0.2) is 46.3 Å². The average Bonchev–Trinajstić information content (AvgIpc) is 2.56. The van der Waals surface area contributed by atoms with Crippen LogP contribution in [0.25, 0.3) is 0 Å². The van der Waals surface area contributed by atoms with Crippen molar-refractivity contribution >= 4 is 16.0 Å². The van der Waals surface area contributed by atoms with Crippen LogP contribution in [0.4, 0.5) is 0 Å². The first kappa shape index (κ1) is 20.4. The van der Waals surface area contributed by atoms with Crippen LogP contribution >= 0.6 is 0 Å². The highest BCUT2D eigenvalue weighted by atomic mass is 32.2. The van der Waals surface area contributed by atoms with E-state index in [1.54, 1.807) is 6.92 Å². The second-order valence-electron chi connectivity index (χ2n) is 5.76. The average molecular weight is 355 g/mol. The van der Waals surface area contributed by atoms with Crippen LogP contribution < -0.4 is 15.4 Å². The molecule has 1 aromatic rings. The topological polar surface area (TPSA) is 82.6 Å². The van der Waals surface area contributed by atoms with Crippen molar-refractivity contribution in [1.82, 2.24) is 15.4 Å². The molecule has 0 saturated carbocycles. The Morgan fingerprint density at radius 1 is 1.12 bits per heavy atom. The Morgan fingerprint density at radius 3 is 2.38 bits per heavy atom. The molecule has 0 spiro atoms. The van der Waals surface area contributed by atoms with E-state index in [0.717, 1.165) is 6.54 Å². The van der Waals surface area contributed by atoms with Crippen molar-refractivity contribution in [3.8, 4) is 0 Å². The highest BCUT2D eigenvalue weighted by Crippen LogP contribution is 2.15. The highest BCUT2D eigenvalue weighted by Gasteiger charge is 2.07. The number of nitrogens with zero attached hydrogens (tertiary/aromatic N) is 1. The van der Waals surface area contributed by atoms with Gasteiger partial charge in [-0.3, -0.25) is 4.99 Å². The molecule has 7 heteroatoms. The fourth-order valence-corrected chi connectivity index (χ4v) is 2.68. The molecule has 1 unspecified atom stereocenters. The van der Waals surface area contributed by atoms with Crippen LogP contribution in [0.3, 0.4) is 0 Å². The molecule has 0 heterocycles. The zero-order valence-corrected chi connectivity index (χ0v) is 15.9. The van der Waals surface area contributed by atoms with Gasteiger partial charge in [0.15, 0.2) is 5.96 Å². The normalized spacial score (nSPS) is 13.6. The van der Waals surface area contributed by atoms with Crippen molar-refractivity contribution < 1.29 is 8.42 Å². The molecule has 1 rings (SSSR count). The number of sulfonamides is 1. The van der Waals surface area contributed by atoms with Crippen LogP contribution in [0, 0.1) is 6.92 Å². The number of aliphatic imine (C=N–C) groups is 1. The van der Waals surface area contributed by atoms with Gasteiger partial charge in [0.2, 0.25) is 10.0 Å². The molecule has 0 aromatic heterocycles. The summed E-state index contributed by atoms with van der Waals surface area (Å²) >= 11 is 0. The van der Waals surface area contributed by atoms with E-state index in [0.29, 0.717) is 31.5 Å². The van der Waals surface area contributed by atoms with Crippen molar-refractivity contribution in [2.24, 2.45) is 4.99 Å². The summed E-state index contributed by atoms with van der Waals surface area (Å²) in [6.45, 7) is 10.1. The van der Waals surface area contributed by atoms with Gasteiger partial charge in [-0.15, -0.1) is 0 Å². The van der Waals surface area contributed by atoms with E-state index >= 15 is 0 Å². The van der Waals surface area contributed by atoms with E-state index in [9.17, 15) is 8.42 Å². The van der Waals surface area contributed by atoms with Crippen LogP contribution in [-0.2, 0) is 10.0 Å². The van der Waals surface area contributed by atoms with Crippen LogP contribution in [0.1, 0.15) is 37.8 Å². The third kappa shape index (κ3) is 7.79. The minimum absolute atomic E-state index is 0.0925. The summed E-state index contributed by atoms with van der Waals surface area (Å²) in [6.07, 6.45) is 0. The van der Waals surface area contributed by atoms with Crippen molar-refractivity contribution in [2.75, 3.05) is 31.9 Å². The third-order valence-electron chi connectivity index (χ3n) is 3.63. The zero-order chi connectivity index (χ0) is 18.0. The Morgan fingerprint density at radius 2 is 1.79 bits per heavy atom. The summed E-state index contributed by atoms with van der Waals surface area (Å²) in [7, 11) is -3.15. The van der Waals surface area contributed by atoms with E-state index in [-0.39, 0.29) is 5.75 Å². The molecule has 1 aromatic carbocycles. The summed E-state index contributed by atoms with van der Waals surface area (Å²) in [5.74, 6) is 1.11. The second kappa shape index (κ2) is 10.3. The zero-order valence-electron chi connectivity index (χ0n) is 15.1. The molecule has 0 fully saturated rings. The Hall–Kier alpha value is -1.60. The first-order valence-electron chi connectivity index (χ1n) is 8.44. The lowest BCUT2D eigenvalue weighted by Crippen LogP contribution is -2.41. The summed E-state index contributed by atoms with van der Waals surface area (Å²) in [5, 5.41) is 6.32. The molecule has 0 aliphatic rings. The molecular weight excluding hydrogens is 324 g/mol. The minimum atomic E-state index is -3.15. The van der Waals surface area contributed by atoms with Crippen molar-refractivity contribution in [1.29, 1.82) is 0 Å². The van der Waals surface area contributed by atoms with Crippen molar-refractivity contribution in [2.45, 2.75) is 33.6 Å². The van der Waals surface area contributed by atoms with Crippen LogP contribution in [0.2, 0.25) is 0 Å². The van der Waals surface area contributed by atoms with E-state index in [1.165, 1.54) is 11.1 Å². The molecule has 0 bridgehead atoms. The molecular formula is C17H30N4O2S. The van der Waals surface area contributed by atoms with Gasteiger partial charge < -0.3 is 10.6 Å². The fourth-order valence-electron chi connectivity index (χ4n) is 2.06. The molecule has 0 aliphatic heterocycles. The van der Waals surface area contributed by atoms with Crippen molar-refractivity contribution in [3.05, 3.63) is 35.4 Å². The molecule has 0 saturated heterocycles. The number of guanidine groups is 1. The predicted octanol–water partition coefficient (Wildman–Crippen LogP) is 1.59. The Kier molecular flexibility index (Phi) is 8.78. The molecule has 1 atom stereocenters. The lowest BCUT2D eigenvalue weighted by atomic mass is 10.0. The van der Waals surface area contributed by atoms with Gasteiger partial charge in [-0.25, -0.2) is 13.1 Å². The molecule has 3 N–H and O–H groups in total. The summed E-state index contributed by atoms with van der Waals surface area (Å²) in [4.78, 5) is 4.58. The van der Waals surface area contributed by atoms with Gasteiger partial charge in [0.1, 0.15) is 0 Å². The van der Waals surface area contributed by atoms with Crippen LogP contribution in [0.5, 0.6) is 0 Å². The number of benzene rings is 1. The summed E-state index contributed by atoms with van der Waals surface area (Å²) < 4.78 is 25.3. The van der Waals surface area contributed by atoms with E-state index in [2.05, 4.69) is 58.5 Å². The monoisotopic (exact) mass is 354 g/mol. The predicted molar refractivity (Wildman–Crippen MR) is 101 cm³/mol. The van der Waals surface area contributed by atoms with E-state index < -0.39 is 10.0 Å². The van der Waals surface area contributed by atoms with Gasteiger partial charge in [0.05, 0.1) is 5.75 Å². The van der Waals surface area contributed by atoms with Gasteiger partial charge >= 0.3 is 0 Å². The molecule has 136 valence electrons. The number of aryl methyl sites for hydroxylation is 1. The second-order valence-corrected chi connectivity index (χ2v) is 7.85. The lowest BCUT2D eigenvalue weighted by molar-refractivity contribution is 0.581. The molecule has 0 aliphatic carbocycles. The Labute approximate surface area is 146 Å². The van der Waals surface area contributed by atoms with Crippen molar-refractivity contribution in [3.63, 3.8) is 0 Å². The smallest absolute Gasteiger partial charge is 0.211 e. The quantitative estimate of drug-likeness (QED) is 0.357. The third-order valence-corrected chi connectivity index (χ3v) is 5.04. The molecule has 0 radical (unpaired) electrons. The number of hydrogen-bond acceptors (Lipinski definition) is 3. The highest BCUT2D eigenvalue weighted by molar-refractivity contribution is 7.89. The Balaban J connectivity index is 2.51. The first-order valence-corrected chi connectivity index (χ1v) is 10.1. The standard InChI is InChI=1S/C17H30N4O2S/c1-5-18-17(19-11-12-21-24(22,23)6-2)20-13-15(4)16-9-7-14(3)8-10-16/h7-10,15,21H,5-6,11-13H2,1-4H3,(H2,18,19,20). The SMILES string of the molecule is CCNC(=NCC(C)c1ccc(C)cc1)NCCNS(=O)(=O)CC. The van der Waals surface area contributed by atoms with Gasteiger partial charge in [-0.1, -0.05) is 36.8 Å². The number of hydrogen-bond donors (Lipinski definition) is 3. The van der Waals surface area contributed by atoms with Crippen LogP contribution in [0.15, 0.2) is 29.3 Å². The van der Waals surface area contributed by atoms with Gasteiger partial charge in [-0.05, 0) is 26.3 Å². The Bertz CT molecular complexity index is 612. The number of nitrogens with one attached hydrogen (secondary N) is 3. The molecule has 24 heavy (non-hydrogen) atoms. The van der Waals surface area contributed by atoms with Gasteiger partial charge in [-0.2, -0.15) is 0 Å². The van der Waals surface area contributed by atoms with Gasteiger partial charge in [0, 0.05) is 32.1 Å². The maximum Gasteiger partial charge on any atom is 0.211 e. The fraction of sp³-hybridized carbons (Fsp3) is 0.588.